The van der Waals surface area contributed by atoms with Crippen molar-refractivity contribution >= 4 is 0 Å². The van der Waals surface area contributed by atoms with E-state index in [2.05, 4.69) is 15.2 Å². The Balaban J connectivity index is 2.50. The highest BCUT2D eigenvalue weighted by Crippen LogP contribution is 2.19. The number of H-pyrrole nitrogens is 1. The highest BCUT2D eigenvalue weighted by Gasteiger charge is 2.07. The average Bonchev–Trinajstić information content (AvgIpc) is 2.58. The van der Waals surface area contributed by atoms with Crippen molar-refractivity contribution in [1.29, 1.82) is 0 Å². The van der Waals surface area contributed by atoms with E-state index in [0.29, 0.717) is 5.82 Å². The summed E-state index contributed by atoms with van der Waals surface area (Å²) in [5.74, 6) is 1.50. The molecule has 0 amide bonds. The summed E-state index contributed by atoms with van der Waals surface area (Å²) in [7, 11) is 0. The molecule has 0 aliphatic carbocycles. The van der Waals surface area contributed by atoms with E-state index in [9.17, 15) is 0 Å². The van der Waals surface area contributed by atoms with Crippen LogP contribution in [0.3, 0.4) is 0 Å². The van der Waals surface area contributed by atoms with Gasteiger partial charge in [-0.3, -0.25) is 5.10 Å². The van der Waals surface area contributed by atoms with Crippen LogP contribution >= 0.6 is 0 Å². The summed E-state index contributed by atoms with van der Waals surface area (Å²) < 4.78 is 5.02. The highest BCUT2D eigenvalue weighted by atomic mass is 16.3. The summed E-state index contributed by atoms with van der Waals surface area (Å²) in [4.78, 5) is 4.19. The largest absolute Gasteiger partial charge is 0.472 e. The van der Waals surface area contributed by atoms with Gasteiger partial charge >= 0.3 is 0 Å². The molecule has 0 aliphatic rings. The molecular weight excluding hydrogens is 154 g/mol. The van der Waals surface area contributed by atoms with Crippen LogP contribution in [0, 0.1) is 13.8 Å². The second kappa shape index (κ2) is 2.48. The molecule has 0 saturated heterocycles. The van der Waals surface area contributed by atoms with Crippen molar-refractivity contribution in [2.45, 2.75) is 13.8 Å². The zero-order valence-electron chi connectivity index (χ0n) is 6.96. The molecule has 4 heteroatoms. The van der Waals surface area contributed by atoms with Crippen molar-refractivity contribution in [3.05, 3.63) is 23.9 Å². The fraction of sp³-hybridized carbons (Fsp3) is 0.250. The summed E-state index contributed by atoms with van der Waals surface area (Å²) in [6.07, 6.45) is 3.33. The minimum absolute atomic E-state index is 0.693. The van der Waals surface area contributed by atoms with Gasteiger partial charge < -0.3 is 4.42 Å². The van der Waals surface area contributed by atoms with Crippen LogP contribution in [0.4, 0.5) is 0 Å². The molecule has 0 bridgehead atoms. The molecule has 0 aromatic carbocycles. The lowest BCUT2D eigenvalue weighted by atomic mass is 10.2. The Morgan fingerprint density at radius 1 is 1.33 bits per heavy atom. The van der Waals surface area contributed by atoms with E-state index in [1.54, 1.807) is 12.5 Å². The van der Waals surface area contributed by atoms with Crippen LogP contribution in [-0.4, -0.2) is 15.2 Å². The smallest absolute Gasteiger partial charge is 0.184 e. The molecule has 2 rings (SSSR count). The summed E-state index contributed by atoms with van der Waals surface area (Å²) >= 11 is 0. The number of rotatable bonds is 1. The quantitative estimate of drug-likeness (QED) is 0.695. The van der Waals surface area contributed by atoms with Crippen LogP contribution in [0.2, 0.25) is 0 Å². The predicted octanol–water partition coefficient (Wildman–Crippen LogP) is 1.68. The third kappa shape index (κ3) is 1.01. The first kappa shape index (κ1) is 7.09. The zero-order valence-corrected chi connectivity index (χ0v) is 6.96. The Kier molecular flexibility index (Phi) is 1.46. The molecular formula is C8H9N3O. The number of aromatic amines is 1. The standard InChI is InChI=1S/C8H9N3O/c1-5-3-12-4-7(5)8-9-6(2)10-11-8/h3-4H,1-2H3,(H,9,10,11). The summed E-state index contributed by atoms with van der Waals surface area (Å²) in [5.41, 5.74) is 1.99. The Morgan fingerprint density at radius 2 is 2.17 bits per heavy atom. The van der Waals surface area contributed by atoms with Gasteiger partial charge in [0.2, 0.25) is 0 Å². The maximum atomic E-state index is 5.02. The van der Waals surface area contributed by atoms with Gasteiger partial charge in [0.15, 0.2) is 5.82 Å². The van der Waals surface area contributed by atoms with Gasteiger partial charge in [0.25, 0.3) is 0 Å². The zero-order chi connectivity index (χ0) is 8.55. The summed E-state index contributed by atoms with van der Waals surface area (Å²) in [6.45, 7) is 3.83. The average molecular weight is 163 g/mol. The van der Waals surface area contributed by atoms with Crippen molar-refractivity contribution in [2.75, 3.05) is 0 Å². The molecule has 0 radical (unpaired) electrons. The number of aryl methyl sites for hydroxylation is 2. The first-order chi connectivity index (χ1) is 5.77. The second-order valence-electron chi connectivity index (χ2n) is 2.71. The monoisotopic (exact) mass is 163 g/mol. The van der Waals surface area contributed by atoms with Crippen molar-refractivity contribution < 1.29 is 4.42 Å². The van der Waals surface area contributed by atoms with E-state index in [4.69, 9.17) is 4.42 Å². The molecule has 12 heavy (non-hydrogen) atoms. The number of aromatic nitrogens is 3. The number of hydrogen-bond acceptors (Lipinski definition) is 3. The summed E-state index contributed by atoms with van der Waals surface area (Å²) in [6, 6.07) is 0. The predicted molar refractivity (Wildman–Crippen MR) is 43.6 cm³/mol. The minimum atomic E-state index is 0.693. The van der Waals surface area contributed by atoms with Gasteiger partial charge in [0, 0.05) is 0 Å². The molecule has 0 atom stereocenters. The van der Waals surface area contributed by atoms with E-state index in [1.807, 2.05) is 13.8 Å². The molecule has 0 unspecified atom stereocenters. The van der Waals surface area contributed by atoms with Crippen molar-refractivity contribution in [1.82, 2.24) is 15.2 Å². The molecule has 2 aromatic rings. The van der Waals surface area contributed by atoms with Gasteiger partial charge in [-0.05, 0) is 19.4 Å². The molecule has 0 spiro atoms. The van der Waals surface area contributed by atoms with E-state index in [1.165, 1.54) is 0 Å². The molecule has 1 N–H and O–H groups in total. The molecule has 0 fully saturated rings. The first-order valence-corrected chi connectivity index (χ1v) is 3.69. The number of nitrogens with one attached hydrogen (secondary N) is 1. The molecule has 2 heterocycles. The van der Waals surface area contributed by atoms with Crippen LogP contribution in [0.15, 0.2) is 16.9 Å². The van der Waals surface area contributed by atoms with Gasteiger partial charge in [-0.1, -0.05) is 0 Å². The highest BCUT2D eigenvalue weighted by molar-refractivity contribution is 5.57. The van der Waals surface area contributed by atoms with Gasteiger partial charge in [0.05, 0.1) is 11.8 Å². The van der Waals surface area contributed by atoms with E-state index >= 15 is 0 Å². The van der Waals surface area contributed by atoms with Crippen LogP contribution in [-0.2, 0) is 0 Å². The molecule has 2 aromatic heterocycles. The normalized spacial score (nSPS) is 10.5. The van der Waals surface area contributed by atoms with Crippen molar-refractivity contribution in [2.24, 2.45) is 0 Å². The number of nitrogens with zero attached hydrogens (tertiary/aromatic N) is 2. The minimum Gasteiger partial charge on any atom is -0.472 e. The van der Waals surface area contributed by atoms with Crippen molar-refractivity contribution in [3.63, 3.8) is 0 Å². The van der Waals surface area contributed by atoms with Gasteiger partial charge in [-0.2, -0.15) is 5.10 Å². The number of furan rings is 1. The Bertz CT molecular complexity index is 388. The fourth-order valence-corrected chi connectivity index (χ4v) is 1.05. The molecule has 0 saturated carbocycles. The summed E-state index contributed by atoms with van der Waals surface area (Å²) in [5, 5.41) is 6.80. The Morgan fingerprint density at radius 3 is 2.67 bits per heavy atom. The van der Waals surface area contributed by atoms with Crippen molar-refractivity contribution in [3.8, 4) is 11.4 Å². The first-order valence-electron chi connectivity index (χ1n) is 3.69. The van der Waals surface area contributed by atoms with Crippen LogP contribution in [0.1, 0.15) is 11.4 Å². The van der Waals surface area contributed by atoms with Gasteiger partial charge in [-0.25, -0.2) is 4.98 Å². The number of hydrogen-bond donors (Lipinski definition) is 1. The topological polar surface area (TPSA) is 54.7 Å². The lowest BCUT2D eigenvalue weighted by Gasteiger charge is -1.87. The third-order valence-corrected chi connectivity index (χ3v) is 1.69. The van der Waals surface area contributed by atoms with Crippen LogP contribution in [0.25, 0.3) is 11.4 Å². The van der Waals surface area contributed by atoms with E-state index < -0.39 is 0 Å². The maximum absolute atomic E-state index is 5.02. The third-order valence-electron chi connectivity index (χ3n) is 1.69. The van der Waals surface area contributed by atoms with Gasteiger partial charge in [-0.15, -0.1) is 0 Å². The van der Waals surface area contributed by atoms with Crippen LogP contribution in [0.5, 0.6) is 0 Å². The Hall–Kier alpha value is -1.58. The van der Waals surface area contributed by atoms with E-state index in [0.717, 1.165) is 17.0 Å². The molecule has 0 aliphatic heterocycles. The maximum Gasteiger partial charge on any atom is 0.184 e. The second-order valence-corrected chi connectivity index (χ2v) is 2.71. The molecule has 62 valence electrons. The SMILES string of the molecule is Cc1nc(-c2cocc2C)n[nH]1. The lowest BCUT2D eigenvalue weighted by molar-refractivity contribution is 0.566. The van der Waals surface area contributed by atoms with Crippen LogP contribution < -0.4 is 0 Å². The lowest BCUT2D eigenvalue weighted by Crippen LogP contribution is -1.79. The fourth-order valence-electron chi connectivity index (χ4n) is 1.05. The molecule has 4 nitrogen and oxygen atoms in total. The van der Waals surface area contributed by atoms with E-state index in [-0.39, 0.29) is 0 Å². The van der Waals surface area contributed by atoms with Gasteiger partial charge in [0.1, 0.15) is 12.1 Å². The Labute approximate surface area is 69.6 Å².